The Morgan fingerprint density at radius 3 is 2.64 bits per heavy atom. The minimum Gasteiger partial charge on any atom is -0.316 e. The quantitative estimate of drug-likeness (QED) is 0.809. The van der Waals surface area contributed by atoms with Crippen molar-refractivity contribution in [3.8, 4) is 0 Å². The van der Waals surface area contributed by atoms with Crippen LogP contribution in [-0.4, -0.2) is 18.1 Å². The molecule has 0 aromatic carbocycles. The molecule has 1 aliphatic heterocycles. The Morgan fingerprint density at radius 1 is 1.50 bits per heavy atom. The molecule has 1 aromatic heterocycles. The van der Waals surface area contributed by atoms with E-state index < -0.39 is 0 Å². The second kappa shape index (κ2) is 3.63. The molecular formula is C11H18N2S. The molecule has 14 heavy (non-hydrogen) atoms. The van der Waals surface area contributed by atoms with E-state index in [-0.39, 0.29) is 5.41 Å². The van der Waals surface area contributed by atoms with Gasteiger partial charge in [0.15, 0.2) is 0 Å². The van der Waals surface area contributed by atoms with Crippen LogP contribution in [-0.2, 0) is 11.8 Å². The van der Waals surface area contributed by atoms with Crippen LogP contribution in [0.2, 0.25) is 0 Å². The van der Waals surface area contributed by atoms with Gasteiger partial charge in [-0.25, -0.2) is 4.98 Å². The number of nitrogens with zero attached hydrogens (tertiary/aromatic N) is 1. The first-order chi connectivity index (χ1) is 6.55. The van der Waals surface area contributed by atoms with Crippen LogP contribution < -0.4 is 5.32 Å². The van der Waals surface area contributed by atoms with Crippen molar-refractivity contribution in [1.82, 2.24) is 10.3 Å². The Morgan fingerprint density at radius 2 is 2.21 bits per heavy atom. The van der Waals surface area contributed by atoms with Crippen molar-refractivity contribution in [2.75, 3.05) is 13.1 Å². The van der Waals surface area contributed by atoms with Gasteiger partial charge in [-0.3, -0.25) is 0 Å². The standard InChI is InChI=1S/C11H18N2S/c1-11(2,3)10-13-9(7-14-10)4-8-5-12-6-8/h7-8,12H,4-6H2,1-3H3. The molecule has 3 heteroatoms. The zero-order chi connectivity index (χ0) is 10.2. The highest BCUT2D eigenvalue weighted by Gasteiger charge is 2.21. The first-order valence-electron chi connectivity index (χ1n) is 5.21. The Labute approximate surface area is 89.8 Å². The van der Waals surface area contributed by atoms with E-state index in [2.05, 4.69) is 31.5 Å². The molecule has 0 radical (unpaired) electrons. The highest BCUT2D eigenvalue weighted by molar-refractivity contribution is 7.09. The molecule has 0 saturated carbocycles. The second-order valence-electron chi connectivity index (χ2n) is 5.12. The van der Waals surface area contributed by atoms with Crippen LogP contribution in [0.4, 0.5) is 0 Å². The number of rotatable bonds is 2. The summed E-state index contributed by atoms with van der Waals surface area (Å²) >= 11 is 1.80. The van der Waals surface area contributed by atoms with Crippen LogP contribution in [0.1, 0.15) is 31.5 Å². The molecule has 0 atom stereocenters. The van der Waals surface area contributed by atoms with Gasteiger partial charge in [-0.15, -0.1) is 11.3 Å². The van der Waals surface area contributed by atoms with E-state index in [1.807, 2.05) is 0 Å². The van der Waals surface area contributed by atoms with Crippen molar-refractivity contribution in [3.63, 3.8) is 0 Å². The highest BCUT2D eigenvalue weighted by Crippen LogP contribution is 2.26. The van der Waals surface area contributed by atoms with Gasteiger partial charge in [0, 0.05) is 10.8 Å². The topological polar surface area (TPSA) is 24.9 Å². The van der Waals surface area contributed by atoms with Crippen molar-refractivity contribution in [1.29, 1.82) is 0 Å². The Bertz CT molecular complexity index is 307. The largest absolute Gasteiger partial charge is 0.316 e. The van der Waals surface area contributed by atoms with Gasteiger partial charge in [0.1, 0.15) is 0 Å². The summed E-state index contributed by atoms with van der Waals surface area (Å²) < 4.78 is 0. The molecule has 2 heterocycles. The molecule has 1 aliphatic rings. The Hall–Kier alpha value is -0.410. The van der Waals surface area contributed by atoms with Crippen molar-refractivity contribution in [2.24, 2.45) is 5.92 Å². The lowest BCUT2D eigenvalue weighted by Crippen LogP contribution is -2.43. The molecule has 2 nitrogen and oxygen atoms in total. The minimum atomic E-state index is 0.209. The summed E-state index contributed by atoms with van der Waals surface area (Å²) in [6, 6.07) is 0. The summed E-state index contributed by atoms with van der Waals surface area (Å²) in [5.41, 5.74) is 1.49. The lowest BCUT2D eigenvalue weighted by Gasteiger charge is -2.26. The summed E-state index contributed by atoms with van der Waals surface area (Å²) in [6.07, 6.45) is 1.15. The normalized spacial score (nSPS) is 18.2. The Balaban J connectivity index is 2.02. The highest BCUT2D eigenvalue weighted by atomic mass is 32.1. The molecule has 78 valence electrons. The fourth-order valence-corrected chi connectivity index (χ4v) is 2.45. The van der Waals surface area contributed by atoms with Gasteiger partial charge in [0.2, 0.25) is 0 Å². The maximum absolute atomic E-state index is 4.69. The number of hydrogen-bond donors (Lipinski definition) is 1. The SMILES string of the molecule is CC(C)(C)c1nc(CC2CNC2)cs1. The van der Waals surface area contributed by atoms with Crippen molar-refractivity contribution in [2.45, 2.75) is 32.6 Å². The summed E-state index contributed by atoms with van der Waals surface area (Å²) in [5.74, 6) is 0.824. The molecule has 0 spiro atoms. The second-order valence-corrected chi connectivity index (χ2v) is 5.98. The molecule has 1 saturated heterocycles. The molecule has 2 rings (SSSR count). The first kappa shape index (κ1) is 10.1. The van der Waals surface area contributed by atoms with Gasteiger partial charge >= 0.3 is 0 Å². The summed E-state index contributed by atoms with van der Waals surface area (Å²) in [6.45, 7) is 9.01. The lowest BCUT2D eigenvalue weighted by molar-refractivity contribution is 0.344. The van der Waals surface area contributed by atoms with E-state index in [4.69, 9.17) is 4.98 Å². The zero-order valence-electron chi connectivity index (χ0n) is 9.13. The molecular weight excluding hydrogens is 192 g/mol. The average molecular weight is 210 g/mol. The maximum atomic E-state index is 4.69. The predicted molar refractivity (Wildman–Crippen MR) is 60.9 cm³/mol. The molecule has 1 N–H and O–H groups in total. The fourth-order valence-electron chi connectivity index (χ4n) is 1.53. The molecule has 1 fully saturated rings. The van der Waals surface area contributed by atoms with Gasteiger partial charge in [0.25, 0.3) is 0 Å². The third-order valence-corrected chi connectivity index (χ3v) is 3.87. The minimum absolute atomic E-state index is 0.209. The van der Waals surface area contributed by atoms with Gasteiger partial charge in [-0.1, -0.05) is 20.8 Å². The molecule has 0 bridgehead atoms. The fraction of sp³-hybridized carbons (Fsp3) is 0.727. The molecule has 0 aliphatic carbocycles. The number of nitrogens with one attached hydrogen (secondary N) is 1. The monoisotopic (exact) mass is 210 g/mol. The van der Waals surface area contributed by atoms with E-state index in [0.717, 1.165) is 12.3 Å². The molecule has 1 aromatic rings. The van der Waals surface area contributed by atoms with Crippen molar-refractivity contribution >= 4 is 11.3 Å². The van der Waals surface area contributed by atoms with Crippen LogP contribution in [0.15, 0.2) is 5.38 Å². The van der Waals surface area contributed by atoms with Crippen molar-refractivity contribution in [3.05, 3.63) is 16.1 Å². The van der Waals surface area contributed by atoms with Crippen LogP contribution >= 0.6 is 11.3 Å². The van der Waals surface area contributed by atoms with Crippen LogP contribution in [0, 0.1) is 5.92 Å². The van der Waals surface area contributed by atoms with Gasteiger partial charge in [0.05, 0.1) is 10.7 Å². The van der Waals surface area contributed by atoms with Gasteiger partial charge in [-0.05, 0) is 25.4 Å². The van der Waals surface area contributed by atoms with Crippen LogP contribution in [0.5, 0.6) is 0 Å². The van der Waals surface area contributed by atoms with E-state index in [1.165, 1.54) is 23.8 Å². The zero-order valence-corrected chi connectivity index (χ0v) is 9.95. The van der Waals surface area contributed by atoms with Gasteiger partial charge < -0.3 is 5.32 Å². The smallest absolute Gasteiger partial charge is 0.0981 e. The average Bonchev–Trinajstić information content (AvgIpc) is 2.43. The van der Waals surface area contributed by atoms with Crippen LogP contribution in [0.3, 0.4) is 0 Å². The molecule has 0 unspecified atom stereocenters. The maximum Gasteiger partial charge on any atom is 0.0981 e. The number of aromatic nitrogens is 1. The summed E-state index contributed by atoms with van der Waals surface area (Å²) in [7, 11) is 0. The van der Waals surface area contributed by atoms with E-state index >= 15 is 0 Å². The summed E-state index contributed by atoms with van der Waals surface area (Å²) in [5, 5.41) is 6.78. The van der Waals surface area contributed by atoms with E-state index in [1.54, 1.807) is 11.3 Å². The predicted octanol–water partition coefficient (Wildman–Crippen LogP) is 2.20. The van der Waals surface area contributed by atoms with Gasteiger partial charge in [-0.2, -0.15) is 0 Å². The Kier molecular flexibility index (Phi) is 2.62. The lowest BCUT2D eigenvalue weighted by atomic mass is 9.97. The number of thiazole rings is 1. The van der Waals surface area contributed by atoms with Crippen molar-refractivity contribution < 1.29 is 0 Å². The van der Waals surface area contributed by atoms with E-state index in [9.17, 15) is 0 Å². The third kappa shape index (κ3) is 2.15. The van der Waals surface area contributed by atoms with Crippen LogP contribution in [0.25, 0.3) is 0 Å². The van der Waals surface area contributed by atoms with E-state index in [0.29, 0.717) is 0 Å². The first-order valence-corrected chi connectivity index (χ1v) is 6.09. The number of hydrogen-bond acceptors (Lipinski definition) is 3. The molecule has 0 amide bonds. The summed E-state index contributed by atoms with van der Waals surface area (Å²) in [4.78, 5) is 4.69. The third-order valence-electron chi connectivity index (χ3n) is 2.56.